The van der Waals surface area contributed by atoms with Crippen molar-refractivity contribution in [2.24, 2.45) is 0 Å². The van der Waals surface area contributed by atoms with Crippen LogP contribution in [0.4, 0.5) is 0 Å². The number of rotatable bonds is 3. The highest BCUT2D eigenvalue weighted by Gasteiger charge is 2.10. The van der Waals surface area contributed by atoms with E-state index in [9.17, 15) is 25.2 Å². The summed E-state index contributed by atoms with van der Waals surface area (Å²) >= 11 is 0. The molecule has 0 fully saturated rings. The molecule has 0 radical (unpaired) electrons. The van der Waals surface area contributed by atoms with Gasteiger partial charge in [-0.25, -0.2) is 0 Å². The quantitative estimate of drug-likeness (QED) is 0.390. The fraction of sp³-hybridized carbons (Fsp3) is 0. The largest absolute Gasteiger partial charge is 0.504 e. The van der Waals surface area contributed by atoms with Crippen molar-refractivity contribution in [2.75, 3.05) is 0 Å². The molecule has 0 bridgehead atoms. The molecular formula is C15H12O5. The SMILES string of the molecule is O=CC=C(c1ccc(O)c(O)c1)c1ccc(O)c(O)c1. The van der Waals surface area contributed by atoms with Crippen molar-refractivity contribution >= 4 is 11.9 Å². The molecule has 2 rings (SSSR count). The van der Waals surface area contributed by atoms with Crippen molar-refractivity contribution < 1.29 is 25.2 Å². The van der Waals surface area contributed by atoms with Gasteiger partial charge in [0.2, 0.25) is 0 Å². The van der Waals surface area contributed by atoms with E-state index in [4.69, 9.17) is 0 Å². The van der Waals surface area contributed by atoms with Crippen LogP contribution in [0.2, 0.25) is 0 Å². The normalized spacial score (nSPS) is 10.0. The molecule has 0 amide bonds. The molecule has 0 saturated carbocycles. The van der Waals surface area contributed by atoms with Crippen molar-refractivity contribution in [2.45, 2.75) is 0 Å². The lowest BCUT2D eigenvalue weighted by Gasteiger charge is -2.09. The standard InChI is InChI=1S/C15H12O5/c16-6-5-11(9-1-3-12(17)14(19)7-9)10-2-4-13(18)15(20)8-10/h1-8,17-20H. The van der Waals surface area contributed by atoms with Gasteiger partial charge in [-0.05, 0) is 47.0 Å². The predicted octanol–water partition coefficient (Wildman–Crippen LogP) is 2.14. The first-order valence-corrected chi connectivity index (χ1v) is 5.73. The second-order valence-electron chi connectivity index (χ2n) is 4.12. The minimum absolute atomic E-state index is 0.271. The van der Waals surface area contributed by atoms with E-state index in [1.54, 1.807) is 0 Å². The molecule has 0 atom stereocenters. The van der Waals surface area contributed by atoms with Gasteiger partial charge in [0.1, 0.15) is 6.29 Å². The van der Waals surface area contributed by atoms with Crippen LogP contribution in [0.3, 0.4) is 0 Å². The number of hydrogen-bond acceptors (Lipinski definition) is 5. The van der Waals surface area contributed by atoms with E-state index in [0.29, 0.717) is 23.0 Å². The van der Waals surface area contributed by atoms with Gasteiger partial charge >= 0.3 is 0 Å². The zero-order valence-corrected chi connectivity index (χ0v) is 10.3. The highest BCUT2D eigenvalue weighted by Crippen LogP contribution is 2.34. The first-order chi connectivity index (χ1) is 9.52. The van der Waals surface area contributed by atoms with Crippen LogP contribution in [0.25, 0.3) is 5.57 Å². The molecule has 0 aliphatic carbocycles. The van der Waals surface area contributed by atoms with Crippen LogP contribution in [0.15, 0.2) is 42.5 Å². The average Bonchev–Trinajstić information content (AvgIpc) is 2.43. The Bertz CT molecular complexity index is 635. The van der Waals surface area contributed by atoms with Gasteiger partial charge in [-0.3, -0.25) is 4.79 Å². The molecule has 5 heteroatoms. The van der Waals surface area contributed by atoms with Crippen molar-refractivity contribution in [1.82, 2.24) is 0 Å². The maximum Gasteiger partial charge on any atom is 0.158 e. The Balaban J connectivity index is 2.56. The molecular weight excluding hydrogens is 260 g/mol. The molecule has 0 aromatic heterocycles. The van der Waals surface area contributed by atoms with E-state index >= 15 is 0 Å². The van der Waals surface area contributed by atoms with E-state index < -0.39 is 0 Å². The smallest absolute Gasteiger partial charge is 0.158 e. The molecule has 2 aromatic carbocycles. The Morgan fingerprint density at radius 1 is 0.750 bits per heavy atom. The zero-order chi connectivity index (χ0) is 14.7. The molecule has 2 aromatic rings. The number of aromatic hydroxyl groups is 4. The topological polar surface area (TPSA) is 98.0 Å². The number of aldehydes is 1. The second kappa shape index (κ2) is 5.36. The minimum Gasteiger partial charge on any atom is -0.504 e. The Morgan fingerprint density at radius 3 is 1.55 bits per heavy atom. The maximum atomic E-state index is 10.8. The molecule has 0 saturated heterocycles. The number of carbonyl (C=O) groups excluding carboxylic acids is 1. The molecule has 4 N–H and O–H groups in total. The summed E-state index contributed by atoms with van der Waals surface area (Å²) in [6, 6.07) is 8.24. The van der Waals surface area contributed by atoms with Crippen LogP contribution in [-0.2, 0) is 4.79 Å². The fourth-order valence-corrected chi connectivity index (χ4v) is 1.81. The Hall–Kier alpha value is -2.95. The summed E-state index contributed by atoms with van der Waals surface area (Å²) in [6.45, 7) is 0. The lowest BCUT2D eigenvalue weighted by atomic mass is 9.97. The summed E-state index contributed by atoms with van der Waals surface area (Å²) in [5, 5.41) is 37.6. The lowest BCUT2D eigenvalue weighted by Crippen LogP contribution is -1.89. The van der Waals surface area contributed by atoms with Crippen molar-refractivity contribution in [3.8, 4) is 23.0 Å². The molecule has 0 spiro atoms. The van der Waals surface area contributed by atoms with E-state index in [0.717, 1.165) is 0 Å². The number of allylic oxidation sites excluding steroid dienone is 1. The zero-order valence-electron chi connectivity index (χ0n) is 10.3. The highest BCUT2D eigenvalue weighted by molar-refractivity contribution is 5.90. The van der Waals surface area contributed by atoms with Crippen molar-refractivity contribution in [3.05, 3.63) is 53.6 Å². The number of hydrogen-bond donors (Lipinski definition) is 4. The summed E-state index contributed by atoms with van der Waals surface area (Å²) in [7, 11) is 0. The summed E-state index contributed by atoms with van der Waals surface area (Å²) in [5.41, 5.74) is 1.40. The van der Waals surface area contributed by atoms with Crippen LogP contribution >= 0.6 is 0 Å². The third kappa shape index (κ3) is 2.56. The Morgan fingerprint density at radius 2 is 1.20 bits per heavy atom. The third-order valence-electron chi connectivity index (χ3n) is 2.81. The van der Waals surface area contributed by atoms with E-state index in [2.05, 4.69) is 0 Å². The predicted molar refractivity (Wildman–Crippen MR) is 72.7 cm³/mol. The van der Waals surface area contributed by atoms with E-state index in [1.165, 1.54) is 42.5 Å². The summed E-state index contributed by atoms with van der Waals surface area (Å²) in [6.07, 6.45) is 1.83. The van der Waals surface area contributed by atoms with Gasteiger partial charge < -0.3 is 20.4 Å². The molecule has 102 valence electrons. The average molecular weight is 272 g/mol. The Kier molecular flexibility index (Phi) is 3.61. The maximum absolute atomic E-state index is 10.8. The van der Waals surface area contributed by atoms with Gasteiger partial charge in [-0.2, -0.15) is 0 Å². The van der Waals surface area contributed by atoms with E-state index in [1.807, 2.05) is 0 Å². The van der Waals surface area contributed by atoms with Crippen molar-refractivity contribution in [1.29, 1.82) is 0 Å². The number of carbonyl (C=O) groups is 1. The first kappa shape index (κ1) is 13.5. The lowest BCUT2D eigenvalue weighted by molar-refractivity contribution is -0.104. The van der Waals surface area contributed by atoms with Gasteiger partial charge in [-0.1, -0.05) is 12.1 Å². The summed E-state index contributed by atoms with van der Waals surface area (Å²) in [4.78, 5) is 10.8. The van der Waals surface area contributed by atoms with Gasteiger partial charge in [0.05, 0.1) is 0 Å². The fourth-order valence-electron chi connectivity index (χ4n) is 1.81. The molecule has 0 aliphatic rings. The van der Waals surface area contributed by atoms with Gasteiger partial charge in [0.25, 0.3) is 0 Å². The summed E-state index contributed by atoms with van der Waals surface area (Å²) in [5.74, 6) is -1.18. The molecule has 0 heterocycles. The minimum atomic E-state index is -0.317. The van der Waals surface area contributed by atoms with Crippen LogP contribution in [0, 0.1) is 0 Å². The van der Waals surface area contributed by atoms with Gasteiger partial charge in [0, 0.05) is 0 Å². The molecule has 0 aliphatic heterocycles. The molecule has 5 nitrogen and oxygen atoms in total. The number of benzene rings is 2. The first-order valence-electron chi connectivity index (χ1n) is 5.73. The summed E-state index contributed by atoms with van der Waals surface area (Å²) < 4.78 is 0. The van der Waals surface area contributed by atoms with Gasteiger partial charge in [-0.15, -0.1) is 0 Å². The van der Waals surface area contributed by atoms with Crippen LogP contribution in [0.5, 0.6) is 23.0 Å². The highest BCUT2D eigenvalue weighted by atomic mass is 16.3. The molecule has 0 unspecified atom stereocenters. The van der Waals surface area contributed by atoms with E-state index in [-0.39, 0.29) is 23.0 Å². The van der Waals surface area contributed by atoms with Crippen molar-refractivity contribution in [3.63, 3.8) is 0 Å². The van der Waals surface area contributed by atoms with Crippen LogP contribution < -0.4 is 0 Å². The van der Waals surface area contributed by atoms with Crippen LogP contribution in [-0.4, -0.2) is 26.7 Å². The van der Waals surface area contributed by atoms with Gasteiger partial charge in [0.15, 0.2) is 23.0 Å². The molecule has 20 heavy (non-hydrogen) atoms. The van der Waals surface area contributed by atoms with Crippen LogP contribution in [0.1, 0.15) is 11.1 Å². The number of phenols is 4. The second-order valence-corrected chi connectivity index (χ2v) is 4.12. The number of phenolic OH excluding ortho intramolecular Hbond substituents is 4. The monoisotopic (exact) mass is 272 g/mol. The Labute approximate surface area is 114 Å². The third-order valence-corrected chi connectivity index (χ3v) is 2.81.